The van der Waals surface area contributed by atoms with E-state index in [0.717, 1.165) is 18.5 Å². The molecule has 33 heavy (non-hydrogen) atoms. The van der Waals surface area contributed by atoms with Crippen molar-refractivity contribution in [3.63, 3.8) is 0 Å². The number of hydrogen-bond donors (Lipinski definition) is 2. The molecule has 0 amide bonds. The fourth-order valence-corrected chi connectivity index (χ4v) is 3.53. The molecule has 3 aromatic rings. The first-order valence-corrected chi connectivity index (χ1v) is 10.8. The summed E-state index contributed by atoms with van der Waals surface area (Å²) in [6, 6.07) is 8.05. The molecule has 174 valence electrons. The Morgan fingerprint density at radius 2 is 2.06 bits per heavy atom. The molecule has 0 saturated carbocycles. The zero-order valence-electron chi connectivity index (χ0n) is 18.6. The average Bonchev–Trinajstić information content (AvgIpc) is 2.97. The number of nitrogens with one attached hydrogen (secondary N) is 2. The van der Waals surface area contributed by atoms with Crippen molar-refractivity contribution in [2.24, 2.45) is 0 Å². The molecule has 2 aromatic carbocycles. The van der Waals surface area contributed by atoms with E-state index < -0.39 is 5.82 Å². The van der Waals surface area contributed by atoms with Crippen molar-refractivity contribution in [3.8, 4) is 23.1 Å². The first-order valence-electron chi connectivity index (χ1n) is 10.4. The van der Waals surface area contributed by atoms with Gasteiger partial charge in [-0.2, -0.15) is 4.98 Å². The number of rotatable bonds is 8. The Bertz CT molecular complexity index is 1150. The quantitative estimate of drug-likeness (QED) is 0.439. The maximum atomic E-state index is 13.5. The number of benzene rings is 2. The molecule has 2 N–H and O–H groups in total. The van der Waals surface area contributed by atoms with Crippen molar-refractivity contribution in [1.29, 1.82) is 0 Å². The maximum Gasteiger partial charge on any atom is 0.248 e. The van der Waals surface area contributed by atoms with Gasteiger partial charge in [0, 0.05) is 30.4 Å². The lowest BCUT2D eigenvalue weighted by molar-refractivity contribution is 0.267. The number of hydrogen-bond acceptors (Lipinski definition) is 8. The number of nitrogens with zero attached hydrogens (tertiary/aromatic N) is 3. The highest BCUT2D eigenvalue weighted by Gasteiger charge is 2.22. The molecule has 0 bridgehead atoms. The van der Waals surface area contributed by atoms with E-state index in [-0.39, 0.29) is 5.02 Å². The van der Waals surface area contributed by atoms with Crippen LogP contribution in [0.25, 0.3) is 0 Å². The van der Waals surface area contributed by atoms with E-state index in [9.17, 15) is 4.39 Å². The van der Waals surface area contributed by atoms with Gasteiger partial charge in [0.15, 0.2) is 17.3 Å². The summed E-state index contributed by atoms with van der Waals surface area (Å²) in [6.07, 6.45) is 2.28. The molecule has 0 spiro atoms. The third-order valence-corrected chi connectivity index (χ3v) is 5.30. The van der Waals surface area contributed by atoms with Crippen molar-refractivity contribution in [1.82, 2.24) is 14.9 Å². The summed E-state index contributed by atoms with van der Waals surface area (Å²) in [5, 5.41) is 6.47. The second-order valence-corrected chi connectivity index (χ2v) is 8.14. The van der Waals surface area contributed by atoms with Crippen molar-refractivity contribution < 1.29 is 18.6 Å². The first-order chi connectivity index (χ1) is 15.9. The molecule has 0 saturated heterocycles. The summed E-state index contributed by atoms with van der Waals surface area (Å²) in [4.78, 5) is 10.7. The molecule has 0 atom stereocenters. The van der Waals surface area contributed by atoms with Crippen molar-refractivity contribution in [2.75, 3.05) is 45.0 Å². The standard InChI is InChI=1S/C23H25ClFN5O3/c1-30(2)7-4-8-32-20-9-14-12-26-21-22(29-15-5-6-17(25)16(24)10-15)27-13-28-23(21)33-18(14)11-19(20)31-3/h5-6,9-11,13,26H,4,7-8,12H2,1-3H3,(H,27,28,29). The second kappa shape index (κ2) is 10.1. The highest BCUT2D eigenvalue weighted by Crippen LogP contribution is 2.42. The monoisotopic (exact) mass is 473 g/mol. The van der Waals surface area contributed by atoms with E-state index in [1.165, 1.54) is 18.5 Å². The Hall–Kier alpha value is -3.30. The predicted molar refractivity (Wildman–Crippen MR) is 126 cm³/mol. The van der Waals surface area contributed by atoms with Crippen LogP contribution in [0, 0.1) is 5.82 Å². The summed E-state index contributed by atoms with van der Waals surface area (Å²) >= 11 is 5.90. The molecule has 0 radical (unpaired) electrons. The largest absolute Gasteiger partial charge is 0.493 e. The second-order valence-electron chi connectivity index (χ2n) is 7.73. The molecular weight excluding hydrogens is 449 g/mol. The smallest absolute Gasteiger partial charge is 0.248 e. The van der Waals surface area contributed by atoms with Gasteiger partial charge in [-0.25, -0.2) is 9.37 Å². The van der Waals surface area contributed by atoms with Crippen LogP contribution in [0.2, 0.25) is 5.02 Å². The SMILES string of the molecule is COc1cc2c(cc1OCCCN(C)C)CNc1c(Nc3ccc(F)c(Cl)c3)ncnc1O2. The lowest BCUT2D eigenvalue weighted by atomic mass is 10.1. The molecule has 1 aromatic heterocycles. The predicted octanol–water partition coefficient (Wildman–Crippen LogP) is 5.07. The van der Waals surface area contributed by atoms with Crippen LogP contribution in [0.1, 0.15) is 12.0 Å². The average molecular weight is 474 g/mol. The van der Waals surface area contributed by atoms with Gasteiger partial charge in [-0.1, -0.05) is 11.6 Å². The van der Waals surface area contributed by atoms with Gasteiger partial charge in [0.1, 0.15) is 23.6 Å². The molecule has 1 aliphatic rings. The number of aromatic nitrogens is 2. The molecule has 2 heterocycles. The summed E-state index contributed by atoms with van der Waals surface area (Å²) in [6.45, 7) is 1.95. The molecule has 0 fully saturated rings. The van der Waals surface area contributed by atoms with E-state index in [0.29, 0.717) is 53.5 Å². The summed E-state index contributed by atoms with van der Waals surface area (Å²) < 4.78 is 31.1. The summed E-state index contributed by atoms with van der Waals surface area (Å²) in [5.74, 6) is 2.17. The lowest BCUT2D eigenvalue weighted by Crippen LogP contribution is -2.15. The zero-order valence-corrected chi connectivity index (χ0v) is 19.4. The van der Waals surface area contributed by atoms with Gasteiger partial charge in [0.05, 0.1) is 18.7 Å². The molecule has 0 aliphatic carbocycles. The topological polar surface area (TPSA) is 80.8 Å². The van der Waals surface area contributed by atoms with Crippen LogP contribution >= 0.6 is 11.6 Å². The van der Waals surface area contributed by atoms with Crippen molar-refractivity contribution in [2.45, 2.75) is 13.0 Å². The van der Waals surface area contributed by atoms with E-state index >= 15 is 0 Å². The molecular formula is C23H25ClFN5O3. The van der Waals surface area contributed by atoms with Crippen LogP contribution in [0.3, 0.4) is 0 Å². The first kappa shape index (κ1) is 22.9. The summed E-state index contributed by atoms with van der Waals surface area (Å²) in [5.41, 5.74) is 2.04. The van der Waals surface area contributed by atoms with Crippen molar-refractivity contribution >= 4 is 28.8 Å². The number of halogens is 2. The Balaban J connectivity index is 1.56. The van der Waals surface area contributed by atoms with Crippen LogP contribution in [-0.4, -0.2) is 49.2 Å². The van der Waals surface area contributed by atoms with Gasteiger partial charge in [0.2, 0.25) is 5.88 Å². The van der Waals surface area contributed by atoms with Gasteiger partial charge in [-0.05, 0) is 44.8 Å². The fraction of sp³-hybridized carbons (Fsp3) is 0.304. The number of anilines is 3. The minimum atomic E-state index is -0.491. The minimum Gasteiger partial charge on any atom is -0.493 e. The maximum absolute atomic E-state index is 13.5. The normalized spacial score (nSPS) is 12.2. The van der Waals surface area contributed by atoms with Crippen LogP contribution < -0.4 is 24.8 Å². The Morgan fingerprint density at radius 1 is 1.21 bits per heavy atom. The molecule has 10 heteroatoms. The third-order valence-electron chi connectivity index (χ3n) is 5.01. The van der Waals surface area contributed by atoms with E-state index in [4.69, 9.17) is 25.8 Å². The Labute approximate surface area is 196 Å². The van der Waals surface area contributed by atoms with Gasteiger partial charge in [-0.15, -0.1) is 0 Å². The number of methoxy groups -OCH3 is 1. The van der Waals surface area contributed by atoms with E-state index in [2.05, 4.69) is 25.5 Å². The summed E-state index contributed by atoms with van der Waals surface area (Å²) in [7, 11) is 5.65. The van der Waals surface area contributed by atoms with E-state index in [1.807, 2.05) is 20.2 Å². The van der Waals surface area contributed by atoms with Crippen LogP contribution in [0.4, 0.5) is 21.6 Å². The number of ether oxygens (including phenoxy) is 3. The highest BCUT2D eigenvalue weighted by atomic mass is 35.5. The third kappa shape index (κ3) is 5.37. The molecule has 1 aliphatic heterocycles. The Morgan fingerprint density at radius 3 is 2.82 bits per heavy atom. The molecule has 0 unspecified atom stereocenters. The number of fused-ring (bicyclic) bond motifs is 2. The van der Waals surface area contributed by atoms with Gasteiger partial charge < -0.3 is 29.7 Å². The molecule has 8 nitrogen and oxygen atoms in total. The van der Waals surface area contributed by atoms with Gasteiger partial charge in [0.25, 0.3) is 0 Å². The van der Waals surface area contributed by atoms with Crippen molar-refractivity contribution in [3.05, 3.63) is 53.1 Å². The fourth-order valence-electron chi connectivity index (χ4n) is 3.35. The molecule has 4 rings (SSSR count). The van der Waals surface area contributed by atoms with Gasteiger partial charge in [-0.3, -0.25) is 0 Å². The highest BCUT2D eigenvalue weighted by molar-refractivity contribution is 6.31. The lowest BCUT2D eigenvalue weighted by Gasteiger charge is -2.15. The van der Waals surface area contributed by atoms with Crippen LogP contribution in [0.15, 0.2) is 36.7 Å². The Kier molecular flexibility index (Phi) is 7.00. The van der Waals surface area contributed by atoms with Gasteiger partial charge >= 0.3 is 0 Å². The minimum absolute atomic E-state index is 0.0157. The van der Waals surface area contributed by atoms with E-state index in [1.54, 1.807) is 19.2 Å². The van der Waals surface area contributed by atoms with Crippen LogP contribution in [0.5, 0.6) is 23.1 Å². The van der Waals surface area contributed by atoms with Crippen LogP contribution in [-0.2, 0) is 6.54 Å². The zero-order chi connectivity index (χ0) is 23.4.